The van der Waals surface area contributed by atoms with Crippen molar-refractivity contribution < 1.29 is 24.4 Å². The third-order valence-corrected chi connectivity index (χ3v) is 6.46. The number of pyridine rings is 2. The minimum absolute atomic E-state index is 0.149. The third kappa shape index (κ3) is 8.80. The van der Waals surface area contributed by atoms with E-state index in [9.17, 15) is 19.2 Å². The van der Waals surface area contributed by atoms with Crippen LogP contribution in [0.2, 0.25) is 0 Å². The zero-order valence-electron chi connectivity index (χ0n) is 22.5. The summed E-state index contributed by atoms with van der Waals surface area (Å²) in [5.41, 5.74) is 4.30. The number of carbonyl (C=O) groups is 4. The zero-order valence-corrected chi connectivity index (χ0v) is 22.5. The Morgan fingerprint density at radius 2 is 1.17 bits per heavy atom. The van der Waals surface area contributed by atoms with Crippen molar-refractivity contribution in [1.29, 1.82) is 0 Å². The van der Waals surface area contributed by atoms with Gasteiger partial charge in [-0.2, -0.15) is 0 Å². The Hall–Kier alpha value is -4.90. The molecule has 2 aromatic heterocycles. The first kappa shape index (κ1) is 29.1. The van der Waals surface area contributed by atoms with Crippen LogP contribution < -0.4 is 16.1 Å². The highest BCUT2D eigenvalue weighted by Crippen LogP contribution is 2.18. The number of rotatable bonds is 13. The molecule has 0 saturated carbocycles. The number of benzene rings is 2. The molecule has 11 nitrogen and oxygen atoms in total. The van der Waals surface area contributed by atoms with Crippen molar-refractivity contribution in [3.05, 3.63) is 73.1 Å². The quantitative estimate of drug-likeness (QED) is 0.110. The maximum absolute atomic E-state index is 13.1. The molecule has 2 aromatic carbocycles. The number of hydrogen-bond acceptors (Lipinski definition) is 7. The monoisotopic (exact) mass is 556 g/mol. The van der Waals surface area contributed by atoms with Crippen LogP contribution in [0.15, 0.2) is 73.1 Å². The highest BCUT2D eigenvalue weighted by atomic mass is 16.5. The van der Waals surface area contributed by atoms with Crippen molar-refractivity contribution in [2.45, 2.75) is 38.5 Å². The van der Waals surface area contributed by atoms with Crippen LogP contribution in [0.5, 0.6) is 0 Å². The molecule has 0 aliphatic carbocycles. The van der Waals surface area contributed by atoms with Gasteiger partial charge in [-0.3, -0.25) is 34.4 Å². The van der Waals surface area contributed by atoms with Crippen LogP contribution in [-0.4, -0.2) is 56.8 Å². The summed E-state index contributed by atoms with van der Waals surface area (Å²) < 4.78 is 0. The summed E-state index contributed by atoms with van der Waals surface area (Å²) in [5, 5.41) is 15.9. The molecule has 0 bridgehead atoms. The van der Waals surface area contributed by atoms with Crippen molar-refractivity contribution >= 4 is 56.8 Å². The van der Waals surface area contributed by atoms with Crippen molar-refractivity contribution in [3.8, 4) is 0 Å². The molecule has 4 amide bonds. The number of nitrogens with one attached hydrogen (secondary N) is 3. The molecule has 41 heavy (non-hydrogen) atoms. The van der Waals surface area contributed by atoms with Gasteiger partial charge in [-0.25, -0.2) is 5.48 Å². The summed E-state index contributed by atoms with van der Waals surface area (Å²) in [6.07, 6.45) is 6.24. The van der Waals surface area contributed by atoms with Crippen molar-refractivity contribution in [3.63, 3.8) is 0 Å². The Balaban J connectivity index is 1.37. The van der Waals surface area contributed by atoms with Crippen LogP contribution in [-0.2, 0) is 19.2 Å². The number of carbonyl (C=O) groups excluding carboxylic acids is 4. The van der Waals surface area contributed by atoms with Gasteiger partial charge in [0, 0.05) is 47.4 Å². The summed E-state index contributed by atoms with van der Waals surface area (Å²) >= 11 is 0. The molecule has 2 heterocycles. The topological polar surface area (TPSA) is 154 Å². The minimum Gasteiger partial charge on any atom is -0.325 e. The van der Waals surface area contributed by atoms with Crippen molar-refractivity contribution in [2.24, 2.45) is 0 Å². The van der Waals surface area contributed by atoms with E-state index in [1.165, 1.54) is 4.90 Å². The van der Waals surface area contributed by atoms with E-state index in [0.717, 1.165) is 21.8 Å². The lowest BCUT2D eigenvalue weighted by atomic mass is 10.1. The van der Waals surface area contributed by atoms with E-state index in [-0.39, 0.29) is 31.8 Å². The number of hydroxylamine groups is 1. The van der Waals surface area contributed by atoms with Gasteiger partial charge in [-0.05, 0) is 61.4 Å². The second kappa shape index (κ2) is 14.5. The summed E-state index contributed by atoms with van der Waals surface area (Å²) in [7, 11) is 0. The molecule has 4 N–H and O–H groups in total. The van der Waals surface area contributed by atoms with Gasteiger partial charge in [0.25, 0.3) is 0 Å². The van der Waals surface area contributed by atoms with Gasteiger partial charge < -0.3 is 15.5 Å². The molecule has 0 unspecified atom stereocenters. The number of fused-ring (bicyclic) bond motifs is 2. The molecule has 0 aliphatic heterocycles. The molecule has 0 spiro atoms. The lowest BCUT2D eigenvalue weighted by Crippen LogP contribution is -2.42. The molecular formula is C30H32N6O5. The minimum atomic E-state index is -0.449. The first-order valence-electron chi connectivity index (χ1n) is 13.4. The number of aromatic nitrogens is 2. The van der Waals surface area contributed by atoms with Gasteiger partial charge >= 0.3 is 0 Å². The van der Waals surface area contributed by atoms with Gasteiger partial charge in [0.1, 0.15) is 13.1 Å². The maximum atomic E-state index is 13.1. The van der Waals surface area contributed by atoms with Crippen LogP contribution in [0, 0.1) is 0 Å². The molecule has 0 fully saturated rings. The molecule has 4 aromatic rings. The fourth-order valence-electron chi connectivity index (χ4n) is 4.42. The van der Waals surface area contributed by atoms with Crippen LogP contribution in [0.25, 0.3) is 21.8 Å². The van der Waals surface area contributed by atoms with E-state index >= 15 is 0 Å². The highest BCUT2D eigenvalue weighted by Gasteiger charge is 2.20. The van der Waals surface area contributed by atoms with Crippen molar-refractivity contribution in [2.75, 3.05) is 23.7 Å². The standard InChI is InChI=1S/C30H32N6O5/c37-27(35-41)9-3-1-2-4-10-30(40)36(19-28(38)33-23-11-13-25-21(17-23)7-5-15-31-25)20-29(39)34-24-12-14-26-22(18-24)8-6-16-32-26/h5-8,11-18,41H,1-4,9-10,19-20H2,(H,33,38)(H,34,39)(H,35,37). The lowest BCUT2D eigenvalue weighted by molar-refractivity contribution is -0.137. The van der Waals surface area contributed by atoms with Gasteiger partial charge in [-0.15, -0.1) is 0 Å². The van der Waals surface area contributed by atoms with Crippen LogP contribution in [0.4, 0.5) is 11.4 Å². The normalized spacial score (nSPS) is 10.8. The largest absolute Gasteiger partial charge is 0.325 e. The summed E-state index contributed by atoms with van der Waals surface area (Å²) in [5.74, 6) is -1.63. The van der Waals surface area contributed by atoms with E-state index in [4.69, 9.17) is 5.21 Å². The molecule has 0 saturated heterocycles. The Kier molecular flexibility index (Phi) is 10.3. The molecule has 0 aliphatic rings. The second-order valence-electron chi connectivity index (χ2n) is 9.62. The smallest absolute Gasteiger partial charge is 0.244 e. The first-order chi connectivity index (χ1) is 19.9. The second-order valence-corrected chi connectivity index (χ2v) is 9.62. The SMILES string of the molecule is O=C(CCCCCCC(=O)N(CC(=O)Nc1ccc2ncccc2c1)CC(=O)Nc1ccc2ncccc2c1)NO. The Bertz CT molecular complexity index is 1450. The fourth-order valence-corrected chi connectivity index (χ4v) is 4.42. The Morgan fingerprint density at radius 3 is 1.68 bits per heavy atom. The van der Waals surface area contributed by atoms with Gasteiger partial charge in [0.05, 0.1) is 11.0 Å². The number of anilines is 2. The first-order valence-corrected chi connectivity index (χ1v) is 13.4. The molecule has 0 radical (unpaired) electrons. The summed E-state index contributed by atoms with van der Waals surface area (Å²) in [4.78, 5) is 59.9. The Labute approximate surface area is 236 Å². The zero-order chi connectivity index (χ0) is 29.0. The molecule has 0 atom stereocenters. The van der Waals surface area contributed by atoms with Gasteiger partial charge in [0.15, 0.2) is 0 Å². The number of unbranched alkanes of at least 4 members (excludes halogenated alkanes) is 3. The lowest BCUT2D eigenvalue weighted by Gasteiger charge is -2.22. The van der Waals surface area contributed by atoms with Crippen LogP contribution in [0.1, 0.15) is 38.5 Å². The summed E-state index contributed by atoms with van der Waals surface area (Å²) in [6.45, 7) is -0.592. The average molecular weight is 557 g/mol. The van der Waals surface area contributed by atoms with Gasteiger partial charge in [0.2, 0.25) is 23.6 Å². The fraction of sp³-hybridized carbons (Fsp3) is 0.267. The van der Waals surface area contributed by atoms with E-state index in [2.05, 4.69) is 20.6 Å². The predicted octanol–water partition coefficient (Wildman–Crippen LogP) is 4.03. The van der Waals surface area contributed by atoms with E-state index in [0.29, 0.717) is 37.1 Å². The Morgan fingerprint density at radius 1 is 0.659 bits per heavy atom. The molecule has 4 rings (SSSR count). The number of hydrogen-bond donors (Lipinski definition) is 4. The average Bonchev–Trinajstić information content (AvgIpc) is 2.98. The van der Waals surface area contributed by atoms with Crippen LogP contribution in [0.3, 0.4) is 0 Å². The molecule has 11 heteroatoms. The molecular weight excluding hydrogens is 524 g/mol. The molecule has 212 valence electrons. The number of amides is 4. The highest BCUT2D eigenvalue weighted by molar-refractivity contribution is 5.99. The predicted molar refractivity (Wildman–Crippen MR) is 155 cm³/mol. The maximum Gasteiger partial charge on any atom is 0.244 e. The third-order valence-electron chi connectivity index (χ3n) is 6.46. The van der Waals surface area contributed by atoms with E-state index in [1.54, 1.807) is 66.4 Å². The summed E-state index contributed by atoms with van der Waals surface area (Å²) in [6, 6.07) is 18.0. The van der Waals surface area contributed by atoms with Crippen molar-refractivity contribution in [1.82, 2.24) is 20.3 Å². The van der Waals surface area contributed by atoms with Crippen LogP contribution >= 0.6 is 0 Å². The van der Waals surface area contributed by atoms with E-state index < -0.39 is 17.7 Å². The van der Waals surface area contributed by atoms with E-state index in [1.807, 2.05) is 12.1 Å². The number of nitrogens with zero attached hydrogens (tertiary/aromatic N) is 3. The van der Waals surface area contributed by atoms with Gasteiger partial charge in [-0.1, -0.05) is 25.0 Å².